The first-order valence-electron chi connectivity index (χ1n) is 10.2. The smallest absolute Gasteiger partial charge is 0.343 e. The Kier molecular flexibility index (Phi) is 7.74. The number of ether oxygens (including phenoxy) is 2. The first-order valence-corrected chi connectivity index (χ1v) is 10.2. The first-order chi connectivity index (χ1) is 15.6. The van der Waals surface area contributed by atoms with Crippen molar-refractivity contribution in [3.8, 4) is 28.3 Å². The number of aromatic amines is 1. The number of H-pyrrole nitrogens is 1. The van der Waals surface area contributed by atoms with E-state index in [1.165, 1.54) is 7.11 Å². The Morgan fingerprint density at radius 2 is 1.79 bits per heavy atom. The van der Waals surface area contributed by atoms with Crippen LogP contribution in [-0.2, 0) is 17.8 Å². The van der Waals surface area contributed by atoms with E-state index in [-0.39, 0.29) is 12.4 Å². The van der Waals surface area contributed by atoms with Crippen LogP contribution in [-0.4, -0.2) is 38.7 Å². The van der Waals surface area contributed by atoms with Crippen molar-refractivity contribution in [3.63, 3.8) is 0 Å². The SMILES string of the molecule is CCc1cc(OCc2ccc(-c3ccccc3-c3nn[nH]n3)cc2)c(C(=O)OC)c(C)n1.Cl. The lowest BCUT2D eigenvalue weighted by atomic mass is 9.98. The normalized spacial score (nSPS) is 10.4. The molecule has 0 radical (unpaired) electrons. The van der Waals surface area contributed by atoms with E-state index in [1.54, 1.807) is 13.0 Å². The Balaban J connectivity index is 0.00000306. The average Bonchev–Trinajstić information content (AvgIpc) is 3.37. The van der Waals surface area contributed by atoms with E-state index < -0.39 is 5.97 Å². The maximum atomic E-state index is 12.2. The number of hydrogen-bond acceptors (Lipinski definition) is 7. The summed E-state index contributed by atoms with van der Waals surface area (Å²) < 4.78 is 10.9. The monoisotopic (exact) mass is 465 g/mol. The Morgan fingerprint density at radius 1 is 1.06 bits per heavy atom. The van der Waals surface area contributed by atoms with Crippen molar-refractivity contribution < 1.29 is 14.3 Å². The molecule has 0 saturated heterocycles. The van der Waals surface area contributed by atoms with Gasteiger partial charge in [-0.15, -0.1) is 22.6 Å². The van der Waals surface area contributed by atoms with Crippen molar-refractivity contribution in [2.45, 2.75) is 26.9 Å². The minimum absolute atomic E-state index is 0. The molecular formula is C24H24ClN5O3. The van der Waals surface area contributed by atoms with Gasteiger partial charge in [0.05, 0.1) is 12.8 Å². The van der Waals surface area contributed by atoms with Gasteiger partial charge in [-0.2, -0.15) is 5.21 Å². The predicted octanol–water partition coefficient (Wildman–Crippen LogP) is 4.59. The fourth-order valence-corrected chi connectivity index (χ4v) is 3.50. The number of pyridine rings is 1. The number of carbonyl (C=O) groups excluding carboxylic acids is 1. The van der Waals surface area contributed by atoms with Crippen LogP contribution in [0.3, 0.4) is 0 Å². The highest BCUT2D eigenvalue weighted by molar-refractivity contribution is 5.93. The number of methoxy groups -OCH3 is 1. The summed E-state index contributed by atoms with van der Waals surface area (Å²) in [7, 11) is 1.35. The minimum Gasteiger partial charge on any atom is -0.488 e. The molecule has 0 unspecified atom stereocenters. The lowest BCUT2D eigenvalue weighted by Crippen LogP contribution is -2.10. The standard InChI is InChI=1S/C24H23N5O3.ClH/c1-4-18-13-21(22(15(2)25-18)24(30)31-3)32-14-16-9-11-17(12-10-16)19-7-5-6-8-20(19)23-26-28-29-27-23;/h5-13H,4,14H2,1-3H3,(H,26,27,28,29);1H. The van der Waals surface area contributed by atoms with Gasteiger partial charge in [0.2, 0.25) is 5.82 Å². The molecular weight excluding hydrogens is 442 g/mol. The molecule has 0 amide bonds. The second kappa shape index (κ2) is 10.7. The van der Waals surface area contributed by atoms with Crippen LogP contribution in [0.2, 0.25) is 0 Å². The maximum Gasteiger partial charge on any atom is 0.343 e. The molecule has 0 aliphatic carbocycles. The van der Waals surface area contributed by atoms with Gasteiger partial charge in [-0.25, -0.2) is 4.79 Å². The Hall–Kier alpha value is -3.78. The van der Waals surface area contributed by atoms with Crippen molar-refractivity contribution >= 4 is 18.4 Å². The highest BCUT2D eigenvalue weighted by Crippen LogP contribution is 2.30. The fourth-order valence-electron chi connectivity index (χ4n) is 3.50. The van der Waals surface area contributed by atoms with Crippen LogP contribution < -0.4 is 4.74 Å². The van der Waals surface area contributed by atoms with E-state index in [9.17, 15) is 4.79 Å². The van der Waals surface area contributed by atoms with Gasteiger partial charge in [0.25, 0.3) is 0 Å². The van der Waals surface area contributed by atoms with Crippen LogP contribution in [0.1, 0.15) is 34.2 Å². The summed E-state index contributed by atoms with van der Waals surface area (Å²) in [6, 6.07) is 17.7. The second-order valence-corrected chi connectivity index (χ2v) is 7.18. The molecule has 4 aromatic rings. The lowest BCUT2D eigenvalue weighted by Gasteiger charge is -2.14. The van der Waals surface area contributed by atoms with Gasteiger partial charge in [-0.05, 0) is 35.2 Å². The third kappa shape index (κ3) is 5.18. The van der Waals surface area contributed by atoms with Crippen LogP contribution in [0.15, 0.2) is 54.6 Å². The summed E-state index contributed by atoms with van der Waals surface area (Å²) >= 11 is 0. The zero-order valence-electron chi connectivity index (χ0n) is 18.5. The molecule has 9 heteroatoms. The highest BCUT2D eigenvalue weighted by atomic mass is 35.5. The molecule has 0 aliphatic heterocycles. The molecule has 170 valence electrons. The van der Waals surface area contributed by atoms with E-state index >= 15 is 0 Å². The van der Waals surface area contributed by atoms with Gasteiger partial charge in [0.15, 0.2) is 0 Å². The molecule has 0 fully saturated rings. The number of aromatic nitrogens is 5. The Bertz CT molecular complexity index is 1230. The molecule has 0 spiro atoms. The number of esters is 1. The van der Waals surface area contributed by atoms with Gasteiger partial charge in [-0.1, -0.05) is 55.5 Å². The zero-order valence-corrected chi connectivity index (χ0v) is 19.3. The van der Waals surface area contributed by atoms with Gasteiger partial charge in [0, 0.05) is 17.3 Å². The minimum atomic E-state index is -0.457. The molecule has 1 N–H and O–H groups in total. The number of tetrazole rings is 1. The number of halogens is 1. The van der Waals surface area contributed by atoms with Gasteiger partial charge in [-0.3, -0.25) is 4.98 Å². The van der Waals surface area contributed by atoms with Crippen LogP contribution >= 0.6 is 12.4 Å². The molecule has 33 heavy (non-hydrogen) atoms. The molecule has 0 bridgehead atoms. The highest BCUT2D eigenvalue weighted by Gasteiger charge is 2.19. The van der Waals surface area contributed by atoms with Crippen LogP contribution in [0, 0.1) is 6.92 Å². The third-order valence-electron chi connectivity index (χ3n) is 5.14. The van der Waals surface area contributed by atoms with Crippen molar-refractivity contribution in [1.82, 2.24) is 25.6 Å². The predicted molar refractivity (Wildman–Crippen MR) is 126 cm³/mol. The van der Waals surface area contributed by atoms with E-state index in [0.717, 1.165) is 34.4 Å². The lowest BCUT2D eigenvalue weighted by molar-refractivity contribution is 0.0594. The van der Waals surface area contributed by atoms with E-state index in [0.29, 0.717) is 29.4 Å². The summed E-state index contributed by atoms with van der Waals surface area (Å²) in [6.07, 6.45) is 0.743. The molecule has 4 rings (SSSR count). The van der Waals surface area contributed by atoms with Gasteiger partial charge >= 0.3 is 5.97 Å². The van der Waals surface area contributed by atoms with E-state index in [2.05, 4.69) is 25.6 Å². The summed E-state index contributed by atoms with van der Waals surface area (Å²) in [5.74, 6) is 0.567. The molecule has 0 atom stereocenters. The number of nitrogens with one attached hydrogen (secondary N) is 1. The molecule has 0 aliphatic rings. The summed E-state index contributed by atoms with van der Waals surface area (Å²) in [5.41, 5.74) is 5.71. The van der Waals surface area contributed by atoms with E-state index in [4.69, 9.17) is 9.47 Å². The number of carbonyl (C=O) groups is 1. The van der Waals surface area contributed by atoms with Crippen molar-refractivity contribution in [3.05, 3.63) is 77.1 Å². The van der Waals surface area contributed by atoms with E-state index in [1.807, 2.05) is 55.5 Å². The van der Waals surface area contributed by atoms with Crippen LogP contribution in [0.5, 0.6) is 5.75 Å². The fraction of sp³-hybridized carbons (Fsp3) is 0.208. The summed E-state index contributed by atoms with van der Waals surface area (Å²) in [6.45, 7) is 4.10. The summed E-state index contributed by atoms with van der Waals surface area (Å²) in [5, 5.41) is 14.3. The Labute approximate surface area is 197 Å². The number of aryl methyl sites for hydroxylation is 2. The third-order valence-corrected chi connectivity index (χ3v) is 5.14. The molecule has 8 nitrogen and oxygen atoms in total. The largest absolute Gasteiger partial charge is 0.488 e. The average molecular weight is 466 g/mol. The van der Waals surface area contributed by atoms with Crippen molar-refractivity contribution in [1.29, 1.82) is 0 Å². The molecule has 2 heterocycles. The number of hydrogen-bond donors (Lipinski definition) is 1. The Morgan fingerprint density at radius 3 is 2.42 bits per heavy atom. The molecule has 2 aromatic carbocycles. The van der Waals surface area contributed by atoms with Gasteiger partial charge < -0.3 is 9.47 Å². The summed E-state index contributed by atoms with van der Waals surface area (Å²) in [4.78, 5) is 16.7. The van der Waals surface area contributed by atoms with Crippen molar-refractivity contribution in [2.75, 3.05) is 7.11 Å². The first kappa shape index (κ1) is 23.9. The number of rotatable bonds is 7. The zero-order chi connectivity index (χ0) is 22.5. The van der Waals surface area contributed by atoms with Crippen LogP contribution in [0.4, 0.5) is 0 Å². The van der Waals surface area contributed by atoms with Crippen LogP contribution in [0.25, 0.3) is 22.5 Å². The number of nitrogens with zero attached hydrogens (tertiary/aromatic N) is 4. The maximum absolute atomic E-state index is 12.2. The number of benzene rings is 2. The van der Waals surface area contributed by atoms with Crippen molar-refractivity contribution in [2.24, 2.45) is 0 Å². The van der Waals surface area contributed by atoms with Gasteiger partial charge in [0.1, 0.15) is 17.9 Å². The second-order valence-electron chi connectivity index (χ2n) is 7.18. The quantitative estimate of drug-likeness (QED) is 0.398. The molecule has 0 saturated carbocycles. The topological polar surface area (TPSA) is 103 Å². The molecule has 2 aromatic heterocycles.